The topological polar surface area (TPSA) is 46.1 Å². The summed E-state index contributed by atoms with van der Waals surface area (Å²) in [6.07, 6.45) is 3.57. The molecular formula is C15H31N3O2. The number of likely N-dealkylation sites (tertiary alicyclic amines) is 1. The number of nitrogens with zero attached hydrogens (tertiary/aromatic N) is 2. The predicted molar refractivity (Wildman–Crippen MR) is 83.3 cm³/mol. The molecule has 0 aromatic heterocycles. The van der Waals surface area contributed by atoms with Gasteiger partial charge in [-0.05, 0) is 32.1 Å². The fourth-order valence-electron chi connectivity index (χ4n) is 2.40. The van der Waals surface area contributed by atoms with Crippen molar-refractivity contribution >= 4 is 5.96 Å². The van der Waals surface area contributed by atoms with E-state index in [0.717, 1.165) is 51.1 Å². The third kappa shape index (κ3) is 7.10. The first-order chi connectivity index (χ1) is 9.77. The highest BCUT2D eigenvalue weighted by Crippen LogP contribution is 2.15. The molecule has 1 rings (SSSR count). The van der Waals surface area contributed by atoms with E-state index in [4.69, 9.17) is 14.5 Å². The fourth-order valence-corrected chi connectivity index (χ4v) is 2.40. The van der Waals surface area contributed by atoms with Crippen molar-refractivity contribution in [3.05, 3.63) is 0 Å². The maximum atomic E-state index is 5.45. The minimum atomic E-state index is 0.664. The van der Waals surface area contributed by atoms with Gasteiger partial charge in [0.15, 0.2) is 5.96 Å². The van der Waals surface area contributed by atoms with Crippen molar-refractivity contribution in [2.24, 2.45) is 10.9 Å². The Morgan fingerprint density at radius 3 is 2.90 bits per heavy atom. The van der Waals surface area contributed by atoms with Crippen LogP contribution in [0.5, 0.6) is 0 Å². The molecule has 0 bridgehead atoms. The Kier molecular flexibility index (Phi) is 9.41. The molecule has 1 fully saturated rings. The molecule has 1 atom stereocenters. The van der Waals surface area contributed by atoms with Gasteiger partial charge in [-0.15, -0.1) is 0 Å². The Hall–Kier alpha value is -0.810. The van der Waals surface area contributed by atoms with Gasteiger partial charge >= 0.3 is 0 Å². The normalized spacial score (nSPS) is 20.2. The number of rotatable bonds is 8. The monoisotopic (exact) mass is 285 g/mol. The van der Waals surface area contributed by atoms with E-state index < -0.39 is 0 Å². The maximum Gasteiger partial charge on any atom is 0.193 e. The Labute approximate surface area is 123 Å². The minimum absolute atomic E-state index is 0.664. The van der Waals surface area contributed by atoms with Crippen molar-refractivity contribution in [1.82, 2.24) is 10.2 Å². The number of aliphatic imine (C=N–C) groups is 1. The number of nitrogens with one attached hydrogen (secondary N) is 1. The molecule has 0 aromatic rings. The zero-order valence-electron chi connectivity index (χ0n) is 13.4. The average molecular weight is 285 g/mol. The molecule has 20 heavy (non-hydrogen) atoms. The number of hydrogen-bond acceptors (Lipinski definition) is 3. The van der Waals surface area contributed by atoms with E-state index in [0.29, 0.717) is 13.2 Å². The molecule has 118 valence electrons. The lowest BCUT2D eigenvalue weighted by atomic mass is 10.0. The number of hydrogen-bond donors (Lipinski definition) is 1. The van der Waals surface area contributed by atoms with E-state index in [1.54, 1.807) is 7.11 Å². The van der Waals surface area contributed by atoms with Crippen molar-refractivity contribution in [2.75, 3.05) is 53.1 Å². The highest BCUT2D eigenvalue weighted by molar-refractivity contribution is 5.80. The van der Waals surface area contributed by atoms with Crippen LogP contribution in [0.1, 0.15) is 33.1 Å². The summed E-state index contributed by atoms with van der Waals surface area (Å²) < 4.78 is 10.4. The van der Waals surface area contributed by atoms with Crippen molar-refractivity contribution < 1.29 is 9.47 Å². The van der Waals surface area contributed by atoms with Gasteiger partial charge in [-0.3, -0.25) is 4.99 Å². The molecule has 1 saturated heterocycles. The van der Waals surface area contributed by atoms with E-state index in [1.807, 2.05) is 0 Å². The third-order valence-electron chi connectivity index (χ3n) is 3.43. The molecule has 1 heterocycles. The fraction of sp³-hybridized carbons (Fsp3) is 0.933. The molecule has 0 amide bonds. The lowest BCUT2D eigenvalue weighted by Gasteiger charge is -2.33. The van der Waals surface area contributed by atoms with Crippen LogP contribution >= 0.6 is 0 Å². The zero-order valence-corrected chi connectivity index (χ0v) is 13.4. The first-order valence-corrected chi connectivity index (χ1v) is 7.87. The van der Waals surface area contributed by atoms with E-state index in [9.17, 15) is 0 Å². The van der Waals surface area contributed by atoms with Gasteiger partial charge in [0.1, 0.15) is 0 Å². The van der Waals surface area contributed by atoms with Gasteiger partial charge in [0, 0.05) is 39.9 Å². The Morgan fingerprint density at radius 2 is 2.20 bits per heavy atom. The summed E-state index contributed by atoms with van der Waals surface area (Å²) in [5.74, 6) is 1.83. The van der Waals surface area contributed by atoms with E-state index >= 15 is 0 Å². The van der Waals surface area contributed by atoms with E-state index in [-0.39, 0.29) is 0 Å². The second kappa shape index (κ2) is 10.9. The van der Waals surface area contributed by atoms with Crippen LogP contribution < -0.4 is 5.32 Å². The van der Waals surface area contributed by atoms with Gasteiger partial charge < -0.3 is 19.7 Å². The smallest absolute Gasteiger partial charge is 0.193 e. The number of ether oxygens (including phenoxy) is 2. The second-order valence-corrected chi connectivity index (χ2v) is 5.39. The lowest BCUT2D eigenvalue weighted by molar-refractivity contribution is 0.0702. The molecular weight excluding hydrogens is 254 g/mol. The van der Waals surface area contributed by atoms with Crippen LogP contribution in [-0.4, -0.2) is 64.0 Å². The van der Waals surface area contributed by atoms with Crippen LogP contribution in [0.3, 0.4) is 0 Å². The van der Waals surface area contributed by atoms with Gasteiger partial charge in [0.2, 0.25) is 0 Å². The maximum absolute atomic E-state index is 5.45. The molecule has 1 aliphatic rings. The molecule has 5 nitrogen and oxygen atoms in total. The largest absolute Gasteiger partial charge is 0.382 e. The Bertz CT molecular complexity index is 272. The van der Waals surface area contributed by atoms with Crippen LogP contribution in [0.25, 0.3) is 0 Å². The first kappa shape index (κ1) is 17.2. The molecule has 0 spiro atoms. The van der Waals surface area contributed by atoms with Gasteiger partial charge in [0.25, 0.3) is 0 Å². The van der Waals surface area contributed by atoms with Crippen LogP contribution in [-0.2, 0) is 9.47 Å². The quantitative estimate of drug-likeness (QED) is 0.419. The van der Waals surface area contributed by atoms with Crippen LogP contribution in [0.4, 0.5) is 0 Å². The lowest BCUT2D eigenvalue weighted by Crippen LogP contribution is -2.46. The van der Waals surface area contributed by atoms with E-state index in [2.05, 4.69) is 24.1 Å². The summed E-state index contributed by atoms with van der Waals surface area (Å²) in [5.41, 5.74) is 0. The SMILES string of the molecule is CCNC(=NCCCOCCOC)N1CCCC(C)C1. The Balaban J connectivity index is 2.27. The highest BCUT2D eigenvalue weighted by Gasteiger charge is 2.18. The summed E-state index contributed by atoms with van der Waals surface area (Å²) in [4.78, 5) is 7.10. The van der Waals surface area contributed by atoms with Crippen molar-refractivity contribution in [3.63, 3.8) is 0 Å². The first-order valence-electron chi connectivity index (χ1n) is 7.87. The molecule has 5 heteroatoms. The molecule has 0 radical (unpaired) electrons. The third-order valence-corrected chi connectivity index (χ3v) is 3.43. The predicted octanol–water partition coefficient (Wildman–Crippen LogP) is 1.74. The number of piperidine rings is 1. The molecule has 1 N–H and O–H groups in total. The van der Waals surface area contributed by atoms with Crippen molar-refractivity contribution in [3.8, 4) is 0 Å². The highest BCUT2D eigenvalue weighted by atomic mass is 16.5. The summed E-state index contributed by atoms with van der Waals surface area (Å²) in [7, 11) is 1.69. The number of guanidine groups is 1. The summed E-state index contributed by atoms with van der Waals surface area (Å²) in [5, 5.41) is 3.40. The number of methoxy groups -OCH3 is 1. The van der Waals surface area contributed by atoms with E-state index in [1.165, 1.54) is 12.8 Å². The second-order valence-electron chi connectivity index (χ2n) is 5.39. The summed E-state index contributed by atoms with van der Waals surface area (Å²) >= 11 is 0. The zero-order chi connectivity index (χ0) is 14.6. The van der Waals surface area contributed by atoms with Gasteiger partial charge in [-0.2, -0.15) is 0 Å². The molecule has 1 unspecified atom stereocenters. The average Bonchev–Trinajstić information content (AvgIpc) is 2.45. The Morgan fingerprint density at radius 1 is 1.35 bits per heavy atom. The van der Waals surface area contributed by atoms with Crippen LogP contribution in [0.15, 0.2) is 4.99 Å². The standard InChI is InChI=1S/C15H31N3O2/c1-4-16-15(18-9-5-7-14(2)13-18)17-8-6-10-20-12-11-19-3/h14H,4-13H2,1-3H3,(H,16,17). The van der Waals surface area contributed by atoms with Gasteiger partial charge in [0.05, 0.1) is 13.2 Å². The van der Waals surface area contributed by atoms with Crippen molar-refractivity contribution in [1.29, 1.82) is 0 Å². The molecule has 0 aromatic carbocycles. The molecule has 0 aliphatic carbocycles. The van der Waals surface area contributed by atoms with Crippen LogP contribution in [0, 0.1) is 5.92 Å². The van der Waals surface area contributed by atoms with Gasteiger partial charge in [-0.1, -0.05) is 6.92 Å². The van der Waals surface area contributed by atoms with Crippen molar-refractivity contribution in [2.45, 2.75) is 33.1 Å². The minimum Gasteiger partial charge on any atom is -0.382 e. The van der Waals surface area contributed by atoms with Crippen LogP contribution in [0.2, 0.25) is 0 Å². The van der Waals surface area contributed by atoms with Gasteiger partial charge in [-0.25, -0.2) is 0 Å². The summed E-state index contributed by atoms with van der Waals surface area (Å²) in [6.45, 7) is 10.5. The molecule has 1 aliphatic heterocycles. The molecule has 0 saturated carbocycles. The summed E-state index contributed by atoms with van der Waals surface area (Å²) in [6, 6.07) is 0.